The van der Waals surface area contributed by atoms with E-state index >= 15 is 0 Å². The van der Waals surface area contributed by atoms with Crippen LogP contribution < -0.4 is 0 Å². The van der Waals surface area contributed by atoms with Crippen molar-refractivity contribution in [3.8, 4) is 11.5 Å². The van der Waals surface area contributed by atoms with Crippen LogP contribution >= 0.6 is 15.9 Å². The number of rotatable bonds is 2. The van der Waals surface area contributed by atoms with E-state index in [1.54, 1.807) is 24.3 Å². The van der Waals surface area contributed by atoms with E-state index in [0.29, 0.717) is 5.56 Å². The Balaban J connectivity index is 2.31. The summed E-state index contributed by atoms with van der Waals surface area (Å²) in [6.07, 6.45) is -5.02. The molecule has 2 rings (SSSR count). The van der Waals surface area contributed by atoms with E-state index in [1.165, 1.54) is 0 Å². The van der Waals surface area contributed by atoms with Crippen molar-refractivity contribution in [3.05, 3.63) is 34.6 Å². The van der Waals surface area contributed by atoms with Crippen LogP contribution in [0.5, 0.6) is 0 Å². The van der Waals surface area contributed by atoms with Gasteiger partial charge in [-0.05, 0) is 24.3 Å². The van der Waals surface area contributed by atoms with Crippen LogP contribution in [0.15, 0.2) is 33.2 Å². The summed E-state index contributed by atoms with van der Waals surface area (Å²) in [5, 5.41) is 6.48. The molecule has 0 bridgehead atoms. The highest BCUT2D eigenvalue weighted by Crippen LogP contribution is 2.24. The average molecular weight is 321 g/mol. The van der Waals surface area contributed by atoms with Crippen LogP contribution in [0.1, 0.15) is 10.7 Å². The number of carbonyl (C=O) groups excluding carboxylic acids is 1. The fourth-order valence-electron chi connectivity index (χ4n) is 1.15. The number of hydrogen-bond donors (Lipinski definition) is 0. The number of Topliss-reactive ketones (excluding diaryl/α,β-unsaturated/α-hetero) is 1. The van der Waals surface area contributed by atoms with Crippen molar-refractivity contribution in [3.63, 3.8) is 0 Å². The molecular formula is C10H4BrF3N2O2. The number of hydrogen-bond acceptors (Lipinski definition) is 4. The van der Waals surface area contributed by atoms with E-state index in [9.17, 15) is 18.0 Å². The molecular weight excluding hydrogens is 317 g/mol. The molecule has 1 aromatic heterocycles. The molecule has 2 aromatic rings. The van der Waals surface area contributed by atoms with Crippen molar-refractivity contribution in [2.75, 3.05) is 0 Å². The molecule has 0 atom stereocenters. The maximum Gasteiger partial charge on any atom is 0.460 e. The third-order valence-electron chi connectivity index (χ3n) is 1.97. The van der Waals surface area contributed by atoms with E-state index < -0.39 is 17.9 Å². The smallest absolute Gasteiger partial charge is 0.413 e. The summed E-state index contributed by atoms with van der Waals surface area (Å²) in [7, 11) is 0. The lowest BCUT2D eigenvalue weighted by Crippen LogP contribution is -2.22. The minimum absolute atomic E-state index is 0.143. The molecule has 0 saturated carbocycles. The lowest BCUT2D eigenvalue weighted by molar-refractivity contribution is -0.0903. The highest BCUT2D eigenvalue weighted by atomic mass is 79.9. The zero-order chi connectivity index (χ0) is 13.3. The van der Waals surface area contributed by atoms with Gasteiger partial charge < -0.3 is 4.42 Å². The quantitative estimate of drug-likeness (QED) is 0.797. The molecule has 0 N–H and O–H groups in total. The summed E-state index contributed by atoms with van der Waals surface area (Å²) in [5.74, 6) is -3.37. The molecule has 1 heterocycles. The first kappa shape index (κ1) is 12.7. The van der Waals surface area contributed by atoms with Crippen LogP contribution in [0.25, 0.3) is 11.5 Å². The van der Waals surface area contributed by atoms with Gasteiger partial charge in [-0.1, -0.05) is 15.9 Å². The van der Waals surface area contributed by atoms with Gasteiger partial charge in [0.05, 0.1) is 0 Å². The lowest BCUT2D eigenvalue weighted by Gasteiger charge is -1.99. The molecule has 0 saturated heterocycles. The molecule has 0 aliphatic carbocycles. The molecule has 0 unspecified atom stereocenters. The van der Waals surface area contributed by atoms with Crippen molar-refractivity contribution in [2.24, 2.45) is 0 Å². The van der Waals surface area contributed by atoms with E-state index in [-0.39, 0.29) is 5.89 Å². The summed E-state index contributed by atoms with van der Waals surface area (Å²) in [6, 6.07) is 6.45. The normalized spacial score (nSPS) is 11.6. The predicted molar refractivity (Wildman–Crippen MR) is 57.8 cm³/mol. The second kappa shape index (κ2) is 4.52. The third-order valence-corrected chi connectivity index (χ3v) is 2.50. The lowest BCUT2D eigenvalue weighted by atomic mass is 10.2. The molecule has 0 aliphatic heterocycles. The van der Waals surface area contributed by atoms with Crippen molar-refractivity contribution in [1.29, 1.82) is 0 Å². The van der Waals surface area contributed by atoms with Crippen molar-refractivity contribution >= 4 is 21.7 Å². The summed E-state index contributed by atoms with van der Waals surface area (Å²) >= 11 is 3.20. The largest absolute Gasteiger partial charge is 0.460 e. The maximum atomic E-state index is 12.1. The van der Waals surface area contributed by atoms with Crippen LogP contribution in [0.2, 0.25) is 0 Å². The molecule has 0 fully saturated rings. The molecule has 0 aliphatic rings. The number of halogens is 4. The van der Waals surface area contributed by atoms with Gasteiger partial charge in [-0.15, -0.1) is 10.2 Å². The molecule has 1 aromatic carbocycles. The zero-order valence-corrected chi connectivity index (χ0v) is 10.1. The molecule has 18 heavy (non-hydrogen) atoms. The van der Waals surface area contributed by atoms with E-state index in [1.807, 2.05) is 0 Å². The van der Waals surface area contributed by atoms with Gasteiger partial charge in [0.25, 0.3) is 5.89 Å². The zero-order valence-electron chi connectivity index (χ0n) is 8.53. The Morgan fingerprint density at radius 2 is 1.78 bits per heavy atom. The highest BCUT2D eigenvalue weighted by Gasteiger charge is 2.43. The van der Waals surface area contributed by atoms with Crippen molar-refractivity contribution in [1.82, 2.24) is 10.2 Å². The Morgan fingerprint density at radius 3 is 2.33 bits per heavy atom. The minimum Gasteiger partial charge on any atom is -0.413 e. The van der Waals surface area contributed by atoms with E-state index in [4.69, 9.17) is 4.42 Å². The molecule has 4 nitrogen and oxygen atoms in total. The number of benzene rings is 1. The summed E-state index contributed by atoms with van der Waals surface area (Å²) in [4.78, 5) is 10.8. The first-order chi connectivity index (χ1) is 8.38. The number of carbonyl (C=O) groups is 1. The van der Waals surface area contributed by atoms with Gasteiger partial charge in [0, 0.05) is 10.0 Å². The average Bonchev–Trinajstić information content (AvgIpc) is 2.77. The number of nitrogens with zero attached hydrogens (tertiary/aromatic N) is 2. The minimum atomic E-state index is -5.02. The monoisotopic (exact) mass is 320 g/mol. The van der Waals surface area contributed by atoms with Crippen molar-refractivity contribution in [2.45, 2.75) is 6.18 Å². The van der Waals surface area contributed by atoms with Crippen LogP contribution in [-0.2, 0) is 0 Å². The van der Waals surface area contributed by atoms with Gasteiger partial charge in [0.15, 0.2) is 0 Å². The predicted octanol–water partition coefficient (Wildman–Crippen LogP) is 3.24. The topological polar surface area (TPSA) is 56.0 Å². The Bertz CT molecular complexity index is 578. The Hall–Kier alpha value is -1.70. The molecule has 94 valence electrons. The van der Waals surface area contributed by atoms with Gasteiger partial charge in [0.2, 0.25) is 5.89 Å². The Kier molecular flexibility index (Phi) is 3.20. The molecule has 8 heteroatoms. The first-order valence-electron chi connectivity index (χ1n) is 4.59. The van der Waals surface area contributed by atoms with Gasteiger partial charge in [0.1, 0.15) is 0 Å². The third kappa shape index (κ3) is 2.58. The molecule has 0 spiro atoms. The number of alkyl halides is 3. The number of ketones is 1. The van der Waals surface area contributed by atoms with Crippen LogP contribution in [0, 0.1) is 0 Å². The van der Waals surface area contributed by atoms with E-state index in [2.05, 4.69) is 26.1 Å². The SMILES string of the molecule is O=C(c1nnc(-c2ccc(Br)cc2)o1)C(F)(F)F. The summed E-state index contributed by atoms with van der Waals surface area (Å²) in [5.41, 5.74) is 0.423. The highest BCUT2D eigenvalue weighted by molar-refractivity contribution is 9.10. The van der Waals surface area contributed by atoms with Gasteiger partial charge >= 0.3 is 12.0 Å². The van der Waals surface area contributed by atoms with Gasteiger partial charge in [-0.25, -0.2) is 0 Å². The second-order valence-electron chi connectivity index (χ2n) is 3.25. The fourth-order valence-corrected chi connectivity index (χ4v) is 1.41. The molecule has 0 amide bonds. The number of aromatic nitrogens is 2. The maximum absolute atomic E-state index is 12.1. The summed E-state index contributed by atoms with van der Waals surface area (Å²) in [6.45, 7) is 0. The first-order valence-corrected chi connectivity index (χ1v) is 5.38. The van der Waals surface area contributed by atoms with Gasteiger partial charge in [-0.2, -0.15) is 13.2 Å². The van der Waals surface area contributed by atoms with E-state index in [0.717, 1.165) is 4.47 Å². The standard InChI is InChI=1S/C10H4BrF3N2O2/c11-6-3-1-5(2-4-6)8-15-16-9(18-8)7(17)10(12,13)14/h1-4H. The fraction of sp³-hybridized carbons (Fsp3) is 0.100. The molecule has 0 radical (unpaired) electrons. The van der Waals surface area contributed by atoms with Gasteiger partial charge in [-0.3, -0.25) is 4.79 Å². The Morgan fingerprint density at radius 1 is 1.17 bits per heavy atom. The Labute approximate surface area is 107 Å². The second-order valence-corrected chi connectivity index (χ2v) is 4.16. The summed E-state index contributed by atoms with van der Waals surface area (Å²) < 4.78 is 41.8. The van der Waals surface area contributed by atoms with Crippen LogP contribution in [-0.4, -0.2) is 22.2 Å². The van der Waals surface area contributed by atoms with Crippen molar-refractivity contribution < 1.29 is 22.4 Å². The van der Waals surface area contributed by atoms with Crippen LogP contribution in [0.3, 0.4) is 0 Å². The van der Waals surface area contributed by atoms with Crippen LogP contribution in [0.4, 0.5) is 13.2 Å².